The molecule has 6 nitrogen and oxygen atoms in total. The van der Waals surface area contributed by atoms with Crippen LogP contribution in [0.5, 0.6) is 0 Å². The lowest BCUT2D eigenvalue weighted by Crippen LogP contribution is -2.24. The van der Waals surface area contributed by atoms with E-state index in [0.717, 1.165) is 11.1 Å². The Labute approximate surface area is 169 Å². The molecule has 0 aliphatic heterocycles. The quantitative estimate of drug-likeness (QED) is 0.604. The van der Waals surface area contributed by atoms with E-state index in [1.54, 1.807) is 40.8 Å². The number of nitrogens with zero attached hydrogens (tertiary/aromatic N) is 4. The van der Waals surface area contributed by atoms with Crippen LogP contribution >= 0.6 is 39.1 Å². The molecule has 0 spiro atoms. The van der Waals surface area contributed by atoms with Gasteiger partial charge in [0, 0.05) is 12.4 Å². The Kier molecular flexibility index (Phi) is 5.70. The Morgan fingerprint density at radius 3 is 2.73 bits per heavy atom. The second-order valence-corrected chi connectivity index (χ2v) is 7.60. The van der Waals surface area contributed by atoms with E-state index in [2.05, 4.69) is 31.4 Å². The van der Waals surface area contributed by atoms with Crippen molar-refractivity contribution < 1.29 is 4.79 Å². The van der Waals surface area contributed by atoms with Crippen LogP contribution in [0.2, 0.25) is 10.0 Å². The van der Waals surface area contributed by atoms with Crippen molar-refractivity contribution in [2.24, 2.45) is 0 Å². The van der Waals surface area contributed by atoms with Gasteiger partial charge in [-0.1, -0.05) is 29.3 Å². The monoisotopic (exact) mass is 455 g/mol. The Morgan fingerprint density at radius 1 is 1.31 bits per heavy atom. The number of hydrogen-bond donors (Lipinski definition) is 1. The molecule has 3 rings (SSSR count). The van der Waals surface area contributed by atoms with Gasteiger partial charge in [-0.15, -0.1) is 0 Å². The van der Waals surface area contributed by atoms with Gasteiger partial charge in [0.2, 0.25) is 5.91 Å². The van der Waals surface area contributed by atoms with Crippen LogP contribution in [-0.2, 0) is 11.3 Å². The summed E-state index contributed by atoms with van der Waals surface area (Å²) in [6, 6.07) is 4.97. The predicted octanol–water partition coefficient (Wildman–Crippen LogP) is 4.71. The maximum Gasteiger partial charge on any atom is 0.250 e. The van der Waals surface area contributed by atoms with Crippen LogP contribution in [0.15, 0.2) is 41.3 Å². The number of benzene rings is 1. The fourth-order valence-corrected chi connectivity index (χ4v) is 3.11. The number of halogens is 3. The highest BCUT2D eigenvalue weighted by atomic mass is 79.9. The molecule has 26 heavy (non-hydrogen) atoms. The summed E-state index contributed by atoms with van der Waals surface area (Å²) in [5.74, 6) is 0.249. The number of anilines is 1. The van der Waals surface area contributed by atoms with Gasteiger partial charge < -0.3 is 5.32 Å². The second-order valence-electron chi connectivity index (χ2n) is 5.93. The van der Waals surface area contributed by atoms with Crippen molar-refractivity contribution in [3.8, 4) is 0 Å². The SMILES string of the molecule is Cc1cnn(C(C)C(=O)Nc2nn(Cc3ccc(Cl)c(Cl)c3)cc2Br)c1. The van der Waals surface area contributed by atoms with Crippen molar-refractivity contribution in [3.05, 3.63) is 62.4 Å². The number of aromatic nitrogens is 4. The van der Waals surface area contributed by atoms with E-state index in [4.69, 9.17) is 23.2 Å². The largest absolute Gasteiger partial charge is 0.306 e. The van der Waals surface area contributed by atoms with E-state index in [0.29, 0.717) is 26.9 Å². The molecular weight excluding hydrogens is 441 g/mol. The van der Waals surface area contributed by atoms with Gasteiger partial charge in [0.05, 0.1) is 27.3 Å². The van der Waals surface area contributed by atoms with E-state index >= 15 is 0 Å². The summed E-state index contributed by atoms with van der Waals surface area (Å²) in [6.45, 7) is 4.21. The second kappa shape index (κ2) is 7.82. The van der Waals surface area contributed by atoms with Crippen molar-refractivity contribution in [3.63, 3.8) is 0 Å². The van der Waals surface area contributed by atoms with E-state index < -0.39 is 6.04 Å². The fourth-order valence-electron chi connectivity index (χ4n) is 2.37. The van der Waals surface area contributed by atoms with Gasteiger partial charge in [0.1, 0.15) is 6.04 Å². The maximum atomic E-state index is 12.4. The molecule has 9 heteroatoms. The van der Waals surface area contributed by atoms with Crippen molar-refractivity contribution in [2.45, 2.75) is 26.4 Å². The van der Waals surface area contributed by atoms with Crippen LogP contribution in [0.4, 0.5) is 5.82 Å². The molecule has 0 saturated carbocycles. The molecule has 1 amide bonds. The number of nitrogens with one attached hydrogen (secondary N) is 1. The number of carbonyl (C=O) groups is 1. The summed E-state index contributed by atoms with van der Waals surface area (Å²) in [5, 5.41) is 12.4. The molecule has 0 aliphatic rings. The predicted molar refractivity (Wildman–Crippen MR) is 106 cm³/mol. The zero-order valence-corrected chi connectivity index (χ0v) is 17.2. The zero-order chi connectivity index (χ0) is 18.8. The molecule has 1 atom stereocenters. The highest BCUT2D eigenvalue weighted by Gasteiger charge is 2.18. The normalized spacial score (nSPS) is 12.2. The van der Waals surface area contributed by atoms with E-state index in [1.807, 2.05) is 19.2 Å². The lowest BCUT2D eigenvalue weighted by Gasteiger charge is -2.11. The van der Waals surface area contributed by atoms with Gasteiger partial charge in [0.25, 0.3) is 0 Å². The van der Waals surface area contributed by atoms with Gasteiger partial charge in [0.15, 0.2) is 5.82 Å². The summed E-state index contributed by atoms with van der Waals surface area (Å²) < 4.78 is 4.02. The summed E-state index contributed by atoms with van der Waals surface area (Å²) in [7, 11) is 0. The van der Waals surface area contributed by atoms with Crippen LogP contribution in [0.25, 0.3) is 0 Å². The first-order valence-corrected chi connectivity index (χ1v) is 9.37. The zero-order valence-electron chi connectivity index (χ0n) is 14.1. The van der Waals surface area contributed by atoms with Gasteiger partial charge in [-0.2, -0.15) is 10.2 Å². The number of hydrogen-bond acceptors (Lipinski definition) is 3. The Balaban J connectivity index is 1.71. The third-order valence-corrected chi connectivity index (χ3v) is 5.11. The number of rotatable bonds is 5. The summed E-state index contributed by atoms with van der Waals surface area (Å²) in [4.78, 5) is 12.4. The van der Waals surface area contributed by atoms with Crippen molar-refractivity contribution in [1.82, 2.24) is 19.6 Å². The summed E-state index contributed by atoms with van der Waals surface area (Å²) in [6.07, 6.45) is 5.33. The summed E-state index contributed by atoms with van der Waals surface area (Å²) in [5.41, 5.74) is 1.95. The molecule has 2 aromatic heterocycles. The molecule has 1 N–H and O–H groups in total. The number of carbonyl (C=O) groups excluding carboxylic acids is 1. The third kappa shape index (κ3) is 4.28. The molecule has 0 saturated heterocycles. The molecular formula is C17H16BrCl2N5O. The molecule has 0 radical (unpaired) electrons. The lowest BCUT2D eigenvalue weighted by atomic mass is 10.2. The number of amides is 1. The summed E-state index contributed by atoms with van der Waals surface area (Å²) >= 11 is 15.4. The minimum Gasteiger partial charge on any atom is -0.306 e. The first-order chi connectivity index (χ1) is 12.3. The van der Waals surface area contributed by atoms with Crippen LogP contribution in [0, 0.1) is 6.92 Å². The third-order valence-electron chi connectivity index (χ3n) is 3.79. The van der Waals surface area contributed by atoms with Gasteiger partial charge >= 0.3 is 0 Å². The smallest absolute Gasteiger partial charge is 0.250 e. The molecule has 1 unspecified atom stereocenters. The number of aryl methyl sites for hydroxylation is 1. The molecule has 0 bridgehead atoms. The standard InChI is InChI=1S/C17H16BrCl2N5O/c1-10-6-21-25(7-10)11(2)17(26)22-16-13(18)9-24(23-16)8-12-3-4-14(19)15(20)5-12/h3-7,9,11H,8H2,1-2H3,(H,22,23,26). The van der Waals surface area contributed by atoms with Gasteiger partial charge in [-0.3, -0.25) is 14.2 Å². The van der Waals surface area contributed by atoms with Crippen LogP contribution < -0.4 is 5.32 Å². The van der Waals surface area contributed by atoms with E-state index in [1.165, 1.54) is 0 Å². The van der Waals surface area contributed by atoms with Gasteiger partial charge in [-0.25, -0.2) is 0 Å². The average Bonchev–Trinajstić information content (AvgIpc) is 3.16. The van der Waals surface area contributed by atoms with Crippen molar-refractivity contribution >= 4 is 50.9 Å². The molecule has 2 heterocycles. The van der Waals surface area contributed by atoms with Gasteiger partial charge in [-0.05, 0) is 53.0 Å². The van der Waals surface area contributed by atoms with E-state index in [-0.39, 0.29) is 5.91 Å². The molecule has 0 aliphatic carbocycles. The van der Waals surface area contributed by atoms with E-state index in [9.17, 15) is 4.79 Å². The fraction of sp³-hybridized carbons (Fsp3) is 0.235. The van der Waals surface area contributed by atoms with Crippen molar-refractivity contribution in [1.29, 1.82) is 0 Å². The molecule has 3 aromatic rings. The minimum atomic E-state index is -0.448. The topological polar surface area (TPSA) is 64.7 Å². The van der Waals surface area contributed by atoms with Crippen LogP contribution in [0.3, 0.4) is 0 Å². The Bertz CT molecular complexity index is 953. The van der Waals surface area contributed by atoms with Crippen molar-refractivity contribution in [2.75, 3.05) is 5.32 Å². The molecule has 1 aromatic carbocycles. The average molecular weight is 457 g/mol. The van der Waals surface area contributed by atoms with Crippen LogP contribution in [-0.4, -0.2) is 25.5 Å². The minimum absolute atomic E-state index is 0.200. The highest BCUT2D eigenvalue weighted by molar-refractivity contribution is 9.10. The lowest BCUT2D eigenvalue weighted by molar-refractivity contribution is -0.119. The molecule has 136 valence electrons. The Hall–Kier alpha value is -1.83. The van der Waals surface area contributed by atoms with Crippen LogP contribution in [0.1, 0.15) is 24.1 Å². The first kappa shape index (κ1) is 18.9. The Morgan fingerprint density at radius 2 is 2.08 bits per heavy atom. The highest BCUT2D eigenvalue weighted by Crippen LogP contribution is 2.25. The first-order valence-electron chi connectivity index (χ1n) is 7.82. The maximum absolute atomic E-state index is 12.4. The molecule has 0 fully saturated rings.